The molecule has 0 amide bonds. The summed E-state index contributed by atoms with van der Waals surface area (Å²) in [5.41, 5.74) is 1.30. The average Bonchev–Trinajstić information content (AvgIpc) is 2.91. The molecule has 0 aromatic carbocycles. The minimum Gasteiger partial charge on any atom is -0.340 e. The molecule has 0 radical (unpaired) electrons. The molecular formula is C11H16N4S2. The molecule has 2 heterocycles. The summed E-state index contributed by atoms with van der Waals surface area (Å²) in [4.78, 5) is 2.12. The second kappa shape index (κ2) is 5.46. The highest BCUT2D eigenvalue weighted by atomic mass is 32.1. The van der Waals surface area contributed by atoms with Crippen molar-refractivity contribution in [1.29, 1.82) is 0 Å². The Morgan fingerprint density at radius 3 is 3.06 bits per heavy atom. The smallest absolute Gasteiger partial charge is 0.225 e. The number of rotatable bonds is 5. The number of anilines is 1. The second-order valence-corrected chi connectivity index (χ2v) is 5.13. The first-order valence-corrected chi connectivity index (χ1v) is 6.95. The number of hydrogen-bond acceptors (Lipinski definition) is 4. The van der Waals surface area contributed by atoms with Crippen LogP contribution in [-0.4, -0.2) is 21.8 Å². The van der Waals surface area contributed by atoms with Crippen LogP contribution in [0, 0.1) is 4.77 Å². The number of nitrogens with zero attached hydrogens (tertiary/aromatic N) is 3. The molecule has 2 rings (SSSR count). The summed E-state index contributed by atoms with van der Waals surface area (Å²) in [6.45, 7) is 3.89. The predicted octanol–water partition coefficient (Wildman–Crippen LogP) is 3.05. The van der Waals surface area contributed by atoms with Crippen LogP contribution in [0.25, 0.3) is 0 Å². The van der Waals surface area contributed by atoms with Gasteiger partial charge in [-0.15, -0.1) is 5.10 Å². The lowest BCUT2D eigenvalue weighted by atomic mass is 10.3. The number of nitrogens with one attached hydrogen (secondary N) is 1. The van der Waals surface area contributed by atoms with E-state index in [4.69, 9.17) is 12.2 Å². The van der Waals surface area contributed by atoms with Crippen molar-refractivity contribution in [3.63, 3.8) is 0 Å². The number of aromatic nitrogens is 3. The molecule has 4 nitrogen and oxygen atoms in total. The Kier molecular flexibility index (Phi) is 3.96. The molecule has 0 unspecified atom stereocenters. The topological polar surface area (TPSA) is 36.9 Å². The molecule has 0 fully saturated rings. The molecule has 1 N–H and O–H groups in total. The molecule has 2 aromatic rings. The molecule has 0 saturated carbocycles. The van der Waals surface area contributed by atoms with Gasteiger partial charge in [-0.2, -0.15) is 11.3 Å². The number of H-pyrrole nitrogens is 1. The highest BCUT2D eigenvalue weighted by Gasteiger charge is 2.10. The summed E-state index contributed by atoms with van der Waals surface area (Å²) in [5.74, 6) is 0.906. The predicted molar refractivity (Wildman–Crippen MR) is 74.1 cm³/mol. The molecule has 92 valence electrons. The van der Waals surface area contributed by atoms with Gasteiger partial charge in [-0.05, 0) is 41.0 Å². The van der Waals surface area contributed by atoms with Crippen LogP contribution in [0.1, 0.15) is 18.9 Å². The first-order chi connectivity index (χ1) is 8.22. The first kappa shape index (κ1) is 12.3. The Labute approximate surface area is 110 Å². The van der Waals surface area contributed by atoms with Crippen LogP contribution in [0.4, 0.5) is 5.95 Å². The zero-order valence-electron chi connectivity index (χ0n) is 10.0. The van der Waals surface area contributed by atoms with Gasteiger partial charge in [-0.1, -0.05) is 6.92 Å². The molecule has 0 saturated heterocycles. The maximum atomic E-state index is 5.23. The van der Waals surface area contributed by atoms with E-state index in [1.807, 2.05) is 11.6 Å². The zero-order valence-corrected chi connectivity index (χ0v) is 11.6. The SMILES string of the molecule is CCCn1c(N(C)Cc2ccsc2)n[nH]c1=S. The van der Waals surface area contributed by atoms with Gasteiger partial charge in [0, 0.05) is 20.1 Å². The van der Waals surface area contributed by atoms with Gasteiger partial charge < -0.3 is 4.90 Å². The van der Waals surface area contributed by atoms with Crippen molar-refractivity contribution in [2.45, 2.75) is 26.4 Å². The summed E-state index contributed by atoms with van der Waals surface area (Å²) < 4.78 is 2.74. The lowest BCUT2D eigenvalue weighted by Gasteiger charge is -2.17. The maximum absolute atomic E-state index is 5.23. The Hall–Kier alpha value is -1.14. The quantitative estimate of drug-likeness (QED) is 0.847. The molecular weight excluding hydrogens is 252 g/mol. The van der Waals surface area contributed by atoms with E-state index in [0.29, 0.717) is 4.77 Å². The summed E-state index contributed by atoms with van der Waals surface area (Å²) in [6, 6.07) is 2.13. The van der Waals surface area contributed by atoms with E-state index in [1.54, 1.807) is 11.3 Å². The van der Waals surface area contributed by atoms with Crippen molar-refractivity contribution in [2.75, 3.05) is 11.9 Å². The molecule has 0 bridgehead atoms. The van der Waals surface area contributed by atoms with Crippen LogP contribution >= 0.6 is 23.6 Å². The summed E-state index contributed by atoms with van der Waals surface area (Å²) >= 11 is 6.94. The van der Waals surface area contributed by atoms with E-state index in [2.05, 4.69) is 38.8 Å². The standard InChI is InChI=1S/C11H16N4S2/c1-3-5-15-10(12-13-11(15)16)14(2)7-9-4-6-17-8-9/h4,6,8H,3,5,7H2,1-2H3,(H,13,16). The van der Waals surface area contributed by atoms with Crippen molar-refractivity contribution >= 4 is 29.5 Å². The summed E-state index contributed by atoms with van der Waals surface area (Å²) in [7, 11) is 2.04. The van der Waals surface area contributed by atoms with Gasteiger partial charge in [0.25, 0.3) is 0 Å². The van der Waals surface area contributed by atoms with Crippen molar-refractivity contribution in [1.82, 2.24) is 14.8 Å². The van der Waals surface area contributed by atoms with Crippen LogP contribution in [0.3, 0.4) is 0 Å². The van der Waals surface area contributed by atoms with Crippen LogP contribution in [-0.2, 0) is 13.1 Å². The van der Waals surface area contributed by atoms with Crippen molar-refractivity contribution in [3.8, 4) is 0 Å². The van der Waals surface area contributed by atoms with E-state index < -0.39 is 0 Å². The minimum absolute atomic E-state index is 0.694. The third-order valence-corrected chi connectivity index (χ3v) is 3.57. The van der Waals surface area contributed by atoms with Gasteiger partial charge in [0.05, 0.1) is 0 Å². The van der Waals surface area contributed by atoms with Gasteiger partial charge in [0.15, 0.2) is 4.77 Å². The molecule has 0 aliphatic heterocycles. The average molecular weight is 268 g/mol. The Balaban J connectivity index is 2.18. The lowest BCUT2D eigenvalue weighted by molar-refractivity contribution is 0.654. The fraction of sp³-hybridized carbons (Fsp3) is 0.455. The molecule has 17 heavy (non-hydrogen) atoms. The monoisotopic (exact) mass is 268 g/mol. The van der Waals surface area contributed by atoms with E-state index in [0.717, 1.165) is 25.5 Å². The highest BCUT2D eigenvalue weighted by molar-refractivity contribution is 7.71. The molecule has 0 aliphatic rings. The van der Waals surface area contributed by atoms with E-state index in [-0.39, 0.29) is 0 Å². The van der Waals surface area contributed by atoms with E-state index in [9.17, 15) is 0 Å². The lowest BCUT2D eigenvalue weighted by Crippen LogP contribution is -2.20. The van der Waals surface area contributed by atoms with E-state index >= 15 is 0 Å². The Morgan fingerprint density at radius 2 is 2.41 bits per heavy atom. The number of thiophene rings is 1. The first-order valence-electron chi connectivity index (χ1n) is 5.59. The summed E-state index contributed by atoms with van der Waals surface area (Å²) in [6.07, 6.45) is 1.05. The minimum atomic E-state index is 0.694. The van der Waals surface area contributed by atoms with Gasteiger partial charge in [0.1, 0.15) is 0 Å². The third-order valence-electron chi connectivity index (χ3n) is 2.53. The third kappa shape index (κ3) is 2.76. The van der Waals surface area contributed by atoms with Gasteiger partial charge in [-0.3, -0.25) is 4.57 Å². The fourth-order valence-electron chi connectivity index (χ4n) is 1.75. The fourth-order valence-corrected chi connectivity index (χ4v) is 2.63. The molecule has 6 heteroatoms. The normalized spacial score (nSPS) is 10.7. The second-order valence-electron chi connectivity index (χ2n) is 3.97. The maximum Gasteiger partial charge on any atom is 0.225 e. The van der Waals surface area contributed by atoms with E-state index in [1.165, 1.54) is 5.56 Å². The van der Waals surface area contributed by atoms with Crippen LogP contribution < -0.4 is 4.90 Å². The van der Waals surface area contributed by atoms with Crippen LogP contribution in [0.2, 0.25) is 0 Å². The van der Waals surface area contributed by atoms with Gasteiger partial charge in [-0.25, -0.2) is 5.10 Å². The zero-order chi connectivity index (χ0) is 12.3. The Morgan fingerprint density at radius 1 is 1.59 bits per heavy atom. The molecule has 0 spiro atoms. The summed E-state index contributed by atoms with van der Waals surface area (Å²) in [5, 5.41) is 11.4. The van der Waals surface area contributed by atoms with Crippen LogP contribution in [0.15, 0.2) is 16.8 Å². The van der Waals surface area contributed by atoms with Gasteiger partial charge in [0.2, 0.25) is 5.95 Å². The molecule has 0 atom stereocenters. The van der Waals surface area contributed by atoms with Crippen molar-refractivity contribution in [3.05, 3.63) is 27.2 Å². The largest absolute Gasteiger partial charge is 0.340 e. The Bertz CT molecular complexity index is 512. The highest BCUT2D eigenvalue weighted by Crippen LogP contribution is 2.15. The van der Waals surface area contributed by atoms with Crippen molar-refractivity contribution < 1.29 is 0 Å². The van der Waals surface area contributed by atoms with Crippen molar-refractivity contribution in [2.24, 2.45) is 0 Å². The van der Waals surface area contributed by atoms with Gasteiger partial charge >= 0.3 is 0 Å². The van der Waals surface area contributed by atoms with Crippen LogP contribution in [0.5, 0.6) is 0 Å². The number of hydrogen-bond donors (Lipinski definition) is 1. The number of aromatic amines is 1. The molecule has 2 aromatic heterocycles. The molecule has 0 aliphatic carbocycles.